The van der Waals surface area contributed by atoms with E-state index in [1.165, 1.54) is 5.39 Å². The maximum absolute atomic E-state index is 12.8. The fraction of sp³-hybridized carbons (Fsp3) is 0.520. The number of hydrogen-bond donors (Lipinski definition) is 0. The lowest BCUT2D eigenvalue weighted by atomic mass is 9.87. The fourth-order valence-electron chi connectivity index (χ4n) is 4.88. The van der Waals surface area contributed by atoms with Gasteiger partial charge in [0.05, 0.1) is 11.8 Å². The van der Waals surface area contributed by atoms with Gasteiger partial charge < -0.3 is 9.47 Å². The van der Waals surface area contributed by atoms with Gasteiger partial charge in [0.2, 0.25) is 0 Å². The summed E-state index contributed by atoms with van der Waals surface area (Å²) in [5.74, 6) is 0.227. The first-order valence-electron chi connectivity index (χ1n) is 10.9. The minimum Gasteiger partial charge on any atom is -0.462 e. The van der Waals surface area contributed by atoms with Crippen molar-refractivity contribution in [2.24, 2.45) is 23.7 Å². The zero-order valence-corrected chi connectivity index (χ0v) is 17.5. The van der Waals surface area contributed by atoms with E-state index in [2.05, 4.69) is 24.3 Å². The van der Waals surface area contributed by atoms with Gasteiger partial charge >= 0.3 is 11.9 Å². The maximum Gasteiger partial charge on any atom is 0.309 e. The van der Waals surface area contributed by atoms with E-state index in [1.807, 2.05) is 39.0 Å². The monoisotopic (exact) mass is 394 g/mol. The molecule has 0 radical (unpaired) electrons. The van der Waals surface area contributed by atoms with Gasteiger partial charge in [0.1, 0.15) is 12.2 Å². The summed E-state index contributed by atoms with van der Waals surface area (Å²) < 4.78 is 11.6. The summed E-state index contributed by atoms with van der Waals surface area (Å²) in [7, 11) is 0. The molecule has 2 aliphatic carbocycles. The number of benzene rings is 2. The Labute approximate surface area is 172 Å². The van der Waals surface area contributed by atoms with E-state index < -0.39 is 0 Å². The molecule has 6 unspecified atom stereocenters. The molecule has 0 amide bonds. The fourth-order valence-corrected chi connectivity index (χ4v) is 4.88. The molecule has 29 heavy (non-hydrogen) atoms. The molecule has 0 aromatic heterocycles. The first-order valence-corrected chi connectivity index (χ1v) is 10.9. The molecular weight excluding hydrogens is 364 g/mol. The number of rotatable bonds is 6. The summed E-state index contributed by atoms with van der Waals surface area (Å²) in [6.07, 6.45) is 3.02. The normalized spacial score (nSPS) is 27.6. The maximum atomic E-state index is 12.8. The van der Waals surface area contributed by atoms with Crippen LogP contribution in [-0.4, -0.2) is 18.0 Å². The van der Waals surface area contributed by atoms with Crippen molar-refractivity contribution in [3.8, 4) is 0 Å². The standard InChI is InChI=1S/C25H30O4/c1-4-15(2)24(26)29-23-14-20-12-21(23)13-22(20)25(27)28-16(3)18-10-9-17-7-5-6-8-19(17)11-18/h5-11,15-16,20-23H,4,12-14H2,1-3H3. The Balaban J connectivity index is 1.34. The number of carbonyl (C=O) groups is 2. The third-order valence-corrected chi connectivity index (χ3v) is 6.91. The average Bonchev–Trinajstić information content (AvgIpc) is 3.33. The van der Waals surface area contributed by atoms with Crippen molar-refractivity contribution >= 4 is 22.7 Å². The highest BCUT2D eigenvalue weighted by molar-refractivity contribution is 5.83. The smallest absolute Gasteiger partial charge is 0.309 e. The van der Waals surface area contributed by atoms with Crippen LogP contribution in [0, 0.1) is 23.7 Å². The van der Waals surface area contributed by atoms with E-state index in [4.69, 9.17) is 9.47 Å². The summed E-state index contributed by atoms with van der Waals surface area (Å²) in [5, 5.41) is 2.33. The van der Waals surface area contributed by atoms with Crippen molar-refractivity contribution in [3.63, 3.8) is 0 Å². The molecule has 0 spiro atoms. The third kappa shape index (κ3) is 4.03. The van der Waals surface area contributed by atoms with E-state index >= 15 is 0 Å². The zero-order valence-electron chi connectivity index (χ0n) is 17.5. The minimum absolute atomic E-state index is 0.0246. The Kier molecular flexibility index (Phi) is 5.62. The van der Waals surface area contributed by atoms with Crippen LogP contribution in [0.2, 0.25) is 0 Å². The molecule has 6 atom stereocenters. The molecular formula is C25H30O4. The van der Waals surface area contributed by atoms with Crippen LogP contribution in [0.3, 0.4) is 0 Å². The molecule has 0 aliphatic heterocycles. The number of fused-ring (bicyclic) bond motifs is 3. The quantitative estimate of drug-likeness (QED) is 0.612. The molecule has 2 bridgehead atoms. The van der Waals surface area contributed by atoms with Crippen molar-refractivity contribution in [1.29, 1.82) is 0 Å². The van der Waals surface area contributed by atoms with Gasteiger partial charge in [0.15, 0.2) is 0 Å². The Bertz CT molecular complexity index is 905. The number of hydrogen-bond acceptors (Lipinski definition) is 4. The molecule has 2 aliphatic rings. The second kappa shape index (κ2) is 8.17. The summed E-state index contributed by atoms with van der Waals surface area (Å²) >= 11 is 0. The van der Waals surface area contributed by atoms with Crippen LogP contribution < -0.4 is 0 Å². The van der Waals surface area contributed by atoms with Gasteiger partial charge in [-0.3, -0.25) is 9.59 Å². The van der Waals surface area contributed by atoms with E-state index in [1.54, 1.807) is 0 Å². The predicted molar refractivity (Wildman–Crippen MR) is 112 cm³/mol. The lowest BCUT2D eigenvalue weighted by Crippen LogP contribution is -2.32. The van der Waals surface area contributed by atoms with Gasteiger partial charge in [-0.05, 0) is 66.8 Å². The van der Waals surface area contributed by atoms with Crippen LogP contribution in [0.5, 0.6) is 0 Å². The van der Waals surface area contributed by atoms with Crippen molar-refractivity contribution in [2.75, 3.05) is 0 Å². The summed E-state index contributed by atoms with van der Waals surface area (Å²) in [6.45, 7) is 5.84. The van der Waals surface area contributed by atoms with Crippen molar-refractivity contribution in [1.82, 2.24) is 0 Å². The summed E-state index contributed by atoms with van der Waals surface area (Å²) in [6, 6.07) is 14.4. The molecule has 0 saturated heterocycles. The largest absolute Gasteiger partial charge is 0.462 e. The second-order valence-electron chi connectivity index (χ2n) is 8.80. The number of esters is 2. The lowest BCUT2D eigenvalue weighted by molar-refractivity contribution is -0.160. The van der Waals surface area contributed by atoms with Gasteiger partial charge in [-0.2, -0.15) is 0 Å². The Morgan fingerprint density at radius 3 is 2.45 bits per heavy atom. The summed E-state index contributed by atoms with van der Waals surface area (Å²) in [4.78, 5) is 24.9. The van der Waals surface area contributed by atoms with Gasteiger partial charge in [0.25, 0.3) is 0 Å². The molecule has 0 heterocycles. The molecule has 154 valence electrons. The van der Waals surface area contributed by atoms with Gasteiger partial charge in [0, 0.05) is 0 Å². The highest BCUT2D eigenvalue weighted by Crippen LogP contribution is 2.50. The van der Waals surface area contributed by atoms with Crippen molar-refractivity contribution in [2.45, 2.75) is 58.7 Å². The molecule has 2 aromatic carbocycles. The van der Waals surface area contributed by atoms with Crippen LogP contribution in [0.1, 0.15) is 58.1 Å². The predicted octanol–water partition coefficient (Wildman–Crippen LogP) is 5.45. The topological polar surface area (TPSA) is 52.6 Å². The van der Waals surface area contributed by atoms with Crippen molar-refractivity contribution in [3.05, 3.63) is 48.0 Å². The highest BCUT2D eigenvalue weighted by Gasteiger charge is 2.51. The highest BCUT2D eigenvalue weighted by atomic mass is 16.5. The second-order valence-corrected chi connectivity index (χ2v) is 8.80. The van der Waals surface area contributed by atoms with E-state index in [0.717, 1.165) is 36.6 Å². The first-order chi connectivity index (χ1) is 14.0. The Hall–Kier alpha value is -2.36. The Morgan fingerprint density at radius 2 is 1.76 bits per heavy atom. The first kappa shape index (κ1) is 19.9. The SMILES string of the molecule is CCC(C)C(=O)OC1CC2CC1CC2C(=O)OC(C)c1ccc2ccccc2c1. The molecule has 2 saturated carbocycles. The van der Waals surface area contributed by atoms with Gasteiger partial charge in [-0.15, -0.1) is 0 Å². The number of carbonyl (C=O) groups excluding carboxylic acids is 2. The third-order valence-electron chi connectivity index (χ3n) is 6.91. The van der Waals surface area contributed by atoms with Crippen LogP contribution in [0.15, 0.2) is 42.5 Å². The van der Waals surface area contributed by atoms with Crippen LogP contribution in [-0.2, 0) is 19.1 Å². The van der Waals surface area contributed by atoms with Gasteiger partial charge in [-0.1, -0.05) is 50.2 Å². The molecule has 2 fully saturated rings. The van der Waals surface area contributed by atoms with Crippen molar-refractivity contribution < 1.29 is 19.1 Å². The average molecular weight is 395 g/mol. The molecule has 4 heteroatoms. The molecule has 4 rings (SSSR count). The van der Waals surface area contributed by atoms with Crippen LogP contribution >= 0.6 is 0 Å². The number of ether oxygens (including phenoxy) is 2. The lowest BCUT2D eigenvalue weighted by Gasteiger charge is -2.28. The molecule has 4 nitrogen and oxygen atoms in total. The van der Waals surface area contributed by atoms with Crippen LogP contribution in [0.4, 0.5) is 0 Å². The van der Waals surface area contributed by atoms with Crippen LogP contribution in [0.25, 0.3) is 10.8 Å². The van der Waals surface area contributed by atoms with E-state index in [0.29, 0.717) is 5.92 Å². The Morgan fingerprint density at radius 1 is 1.00 bits per heavy atom. The zero-order chi connectivity index (χ0) is 20.5. The summed E-state index contributed by atoms with van der Waals surface area (Å²) in [5.41, 5.74) is 1.01. The van der Waals surface area contributed by atoms with Gasteiger partial charge in [-0.25, -0.2) is 0 Å². The van der Waals surface area contributed by atoms with E-state index in [9.17, 15) is 9.59 Å². The minimum atomic E-state index is -0.273. The van der Waals surface area contributed by atoms with E-state index in [-0.39, 0.29) is 41.9 Å². The molecule has 0 N–H and O–H groups in total. The molecule has 2 aromatic rings.